The molecule has 0 saturated carbocycles. The fourth-order valence-electron chi connectivity index (χ4n) is 1.51. The highest BCUT2D eigenvalue weighted by molar-refractivity contribution is 7.92. The maximum Gasteiger partial charge on any atom is 0.264 e. The van der Waals surface area contributed by atoms with Gasteiger partial charge in [-0.1, -0.05) is 11.6 Å². The summed E-state index contributed by atoms with van der Waals surface area (Å²) in [6.45, 7) is 0. The summed E-state index contributed by atoms with van der Waals surface area (Å²) in [7, 11) is -4.20. The Balaban J connectivity index is 2.43. The summed E-state index contributed by atoms with van der Waals surface area (Å²) in [4.78, 5) is -0.466. The van der Waals surface area contributed by atoms with Crippen LogP contribution in [-0.2, 0) is 10.0 Å². The third kappa shape index (κ3) is 3.00. The van der Waals surface area contributed by atoms with Crippen LogP contribution in [0.1, 0.15) is 0 Å². The van der Waals surface area contributed by atoms with Crippen molar-refractivity contribution in [2.75, 3.05) is 10.5 Å². The monoisotopic (exact) mass is 318 g/mol. The number of nitrogens with two attached hydrogens (primary N) is 1. The van der Waals surface area contributed by atoms with Crippen LogP contribution < -0.4 is 10.5 Å². The Morgan fingerprint density at radius 2 is 1.80 bits per heavy atom. The highest BCUT2D eigenvalue weighted by Gasteiger charge is 2.20. The van der Waals surface area contributed by atoms with Gasteiger partial charge in [0, 0.05) is 5.02 Å². The van der Waals surface area contributed by atoms with E-state index < -0.39 is 26.6 Å². The molecule has 0 atom stereocenters. The van der Waals surface area contributed by atoms with Crippen LogP contribution in [-0.4, -0.2) is 8.42 Å². The summed E-state index contributed by atoms with van der Waals surface area (Å²) < 4.78 is 52.8. The highest BCUT2D eigenvalue weighted by Crippen LogP contribution is 2.25. The number of nitrogens with one attached hydrogen (secondary N) is 1. The lowest BCUT2D eigenvalue weighted by molar-refractivity contribution is 0.594. The third-order valence-corrected chi connectivity index (χ3v) is 4.10. The second-order valence-corrected chi connectivity index (χ2v) is 6.00. The summed E-state index contributed by atoms with van der Waals surface area (Å²) in [6, 6.07) is 6.32. The van der Waals surface area contributed by atoms with Crippen molar-refractivity contribution in [1.29, 1.82) is 0 Å². The Kier molecular flexibility index (Phi) is 3.82. The lowest BCUT2D eigenvalue weighted by Crippen LogP contribution is -2.16. The average Bonchev–Trinajstić information content (AvgIpc) is 2.35. The van der Waals surface area contributed by atoms with Crippen molar-refractivity contribution in [3.8, 4) is 0 Å². The number of anilines is 2. The smallest absolute Gasteiger partial charge is 0.264 e. The normalized spacial score (nSPS) is 11.3. The number of rotatable bonds is 3. The fourth-order valence-corrected chi connectivity index (χ4v) is 2.88. The van der Waals surface area contributed by atoms with Gasteiger partial charge in [-0.05, 0) is 36.4 Å². The van der Waals surface area contributed by atoms with Gasteiger partial charge >= 0.3 is 0 Å². The lowest BCUT2D eigenvalue weighted by Gasteiger charge is -2.11. The quantitative estimate of drug-likeness (QED) is 0.854. The molecule has 0 aliphatic carbocycles. The zero-order chi connectivity index (χ0) is 14.9. The molecule has 106 valence electrons. The molecule has 4 nitrogen and oxygen atoms in total. The third-order valence-electron chi connectivity index (χ3n) is 2.44. The molecule has 2 aromatic carbocycles. The number of sulfonamides is 1. The van der Waals surface area contributed by atoms with E-state index in [9.17, 15) is 17.2 Å². The maximum atomic E-state index is 13.6. The molecule has 0 aromatic heterocycles. The Bertz CT molecular complexity index is 766. The Labute approximate surface area is 119 Å². The minimum Gasteiger partial charge on any atom is -0.398 e. The van der Waals surface area contributed by atoms with Crippen LogP contribution in [0.2, 0.25) is 5.02 Å². The predicted molar refractivity (Wildman–Crippen MR) is 73.0 cm³/mol. The van der Waals surface area contributed by atoms with Crippen LogP contribution in [0, 0.1) is 11.6 Å². The molecule has 0 aliphatic rings. The Morgan fingerprint density at radius 3 is 2.45 bits per heavy atom. The molecule has 0 spiro atoms. The number of hydrogen-bond donors (Lipinski definition) is 2. The number of benzene rings is 2. The van der Waals surface area contributed by atoms with E-state index in [1.165, 1.54) is 6.07 Å². The molecular weight excluding hydrogens is 310 g/mol. The van der Waals surface area contributed by atoms with Crippen LogP contribution in [0.3, 0.4) is 0 Å². The molecule has 3 N–H and O–H groups in total. The molecule has 0 unspecified atom stereocenters. The summed E-state index contributed by atoms with van der Waals surface area (Å²) in [5.41, 5.74) is 5.04. The number of halogens is 3. The zero-order valence-electron chi connectivity index (χ0n) is 9.90. The van der Waals surface area contributed by atoms with Crippen molar-refractivity contribution in [1.82, 2.24) is 0 Å². The van der Waals surface area contributed by atoms with Gasteiger partial charge in [0.15, 0.2) is 0 Å². The van der Waals surface area contributed by atoms with Crippen molar-refractivity contribution >= 4 is 33.0 Å². The van der Waals surface area contributed by atoms with Crippen LogP contribution in [0.5, 0.6) is 0 Å². The van der Waals surface area contributed by atoms with Gasteiger partial charge in [-0.3, -0.25) is 4.72 Å². The minimum absolute atomic E-state index is 0.121. The SMILES string of the molecule is Nc1ccc(F)cc1S(=O)(=O)Nc1ccc(Cl)cc1F. The van der Waals surface area contributed by atoms with E-state index in [0.717, 1.165) is 30.3 Å². The first-order chi connectivity index (χ1) is 9.29. The van der Waals surface area contributed by atoms with Gasteiger partial charge < -0.3 is 5.73 Å². The predicted octanol–water partition coefficient (Wildman–Crippen LogP) is 3.00. The summed E-state index contributed by atoms with van der Waals surface area (Å²) in [5, 5.41) is 0.121. The van der Waals surface area contributed by atoms with E-state index in [0.29, 0.717) is 0 Å². The molecule has 0 heterocycles. The molecular formula is C12H9ClF2N2O2S. The first-order valence-electron chi connectivity index (χ1n) is 5.32. The van der Waals surface area contributed by atoms with Crippen molar-refractivity contribution in [2.24, 2.45) is 0 Å². The molecule has 8 heteroatoms. The maximum absolute atomic E-state index is 13.6. The van der Waals surface area contributed by atoms with Gasteiger partial charge in [-0.25, -0.2) is 17.2 Å². The van der Waals surface area contributed by atoms with Crippen molar-refractivity contribution < 1.29 is 17.2 Å². The van der Waals surface area contributed by atoms with Gasteiger partial charge in [-0.15, -0.1) is 0 Å². The molecule has 0 amide bonds. The zero-order valence-corrected chi connectivity index (χ0v) is 11.5. The van der Waals surface area contributed by atoms with Crippen molar-refractivity contribution in [2.45, 2.75) is 4.90 Å². The number of hydrogen-bond acceptors (Lipinski definition) is 3. The van der Waals surface area contributed by atoms with E-state index in [1.807, 2.05) is 4.72 Å². The first-order valence-corrected chi connectivity index (χ1v) is 7.18. The van der Waals surface area contributed by atoms with E-state index in [1.54, 1.807) is 0 Å². The summed E-state index contributed by atoms with van der Waals surface area (Å²) in [5.74, 6) is -1.62. The molecule has 0 radical (unpaired) electrons. The van der Waals surface area contributed by atoms with Crippen LogP contribution in [0.15, 0.2) is 41.3 Å². The van der Waals surface area contributed by atoms with Gasteiger partial charge in [0.1, 0.15) is 16.5 Å². The molecule has 2 rings (SSSR count). The van der Waals surface area contributed by atoms with Gasteiger partial charge in [-0.2, -0.15) is 0 Å². The largest absolute Gasteiger partial charge is 0.398 e. The Hall–Kier alpha value is -1.86. The van der Waals surface area contributed by atoms with Gasteiger partial charge in [0.05, 0.1) is 11.4 Å². The topological polar surface area (TPSA) is 72.2 Å². The van der Waals surface area contributed by atoms with E-state index in [-0.39, 0.29) is 16.4 Å². The standard InChI is InChI=1S/C12H9ClF2N2O2S/c13-7-1-4-11(9(15)5-7)17-20(18,19)12-6-8(14)2-3-10(12)16/h1-6,17H,16H2. The highest BCUT2D eigenvalue weighted by atomic mass is 35.5. The molecule has 0 aliphatic heterocycles. The molecule has 0 bridgehead atoms. The first kappa shape index (κ1) is 14.5. The minimum atomic E-state index is -4.20. The average molecular weight is 319 g/mol. The van der Waals surface area contributed by atoms with Crippen LogP contribution in [0.25, 0.3) is 0 Å². The van der Waals surface area contributed by atoms with E-state index >= 15 is 0 Å². The van der Waals surface area contributed by atoms with E-state index in [4.69, 9.17) is 17.3 Å². The fraction of sp³-hybridized carbons (Fsp3) is 0. The summed E-state index contributed by atoms with van der Waals surface area (Å²) in [6.07, 6.45) is 0. The second kappa shape index (κ2) is 5.26. The van der Waals surface area contributed by atoms with Crippen molar-refractivity contribution in [3.63, 3.8) is 0 Å². The van der Waals surface area contributed by atoms with Gasteiger partial charge in [0.2, 0.25) is 0 Å². The van der Waals surface area contributed by atoms with Crippen LogP contribution >= 0.6 is 11.6 Å². The molecule has 0 fully saturated rings. The second-order valence-electron chi connectivity index (χ2n) is 3.91. The molecule has 2 aromatic rings. The van der Waals surface area contributed by atoms with Crippen LogP contribution in [0.4, 0.5) is 20.2 Å². The Morgan fingerprint density at radius 1 is 1.10 bits per heavy atom. The number of nitrogen functional groups attached to an aromatic ring is 1. The van der Waals surface area contributed by atoms with Crippen molar-refractivity contribution in [3.05, 3.63) is 53.1 Å². The molecule has 20 heavy (non-hydrogen) atoms. The van der Waals surface area contributed by atoms with E-state index in [2.05, 4.69) is 0 Å². The summed E-state index contributed by atoms with van der Waals surface area (Å²) >= 11 is 5.56. The lowest BCUT2D eigenvalue weighted by atomic mass is 10.3. The molecule has 0 saturated heterocycles. The van der Waals surface area contributed by atoms with Gasteiger partial charge in [0.25, 0.3) is 10.0 Å².